The number of phenols is 1. The minimum atomic E-state index is -0.737. The van der Waals surface area contributed by atoms with E-state index in [1.165, 1.54) is 19.2 Å². The molecule has 0 unspecified atom stereocenters. The largest absolute Gasteiger partial charge is 0.504 e. The zero-order valence-corrected chi connectivity index (χ0v) is 12.7. The summed E-state index contributed by atoms with van der Waals surface area (Å²) >= 11 is 0. The van der Waals surface area contributed by atoms with E-state index in [-0.39, 0.29) is 29.6 Å². The zero-order valence-electron chi connectivity index (χ0n) is 12.7. The van der Waals surface area contributed by atoms with E-state index in [0.717, 1.165) is 25.7 Å². The van der Waals surface area contributed by atoms with E-state index < -0.39 is 5.97 Å². The van der Waals surface area contributed by atoms with Crippen molar-refractivity contribution in [3.05, 3.63) is 23.8 Å². The summed E-state index contributed by atoms with van der Waals surface area (Å²) in [5, 5.41) is 9.89. The molecule has 0 aliphatic carbocycles. The second-order valence-electron chi connectivity index (χ2n) is 5.23. The van der Waals surface area contributed by atoms with Crippen molar-refractivity contribution in [2.24, 2.45) is 0 Å². The first kappa shape index (κ1) is 16.1. The molecule has 22 heavy (non-hydrogen) atoms. The molecular weight excluding hydrogens is 286 g/mol. The molecule has 1 fully saturated rings. The average Bonchev–Trinajstić information content (AvgIpc) is 2.81. The first-order valence-electron chi connectivity index (χ1n) is 7.44. The van der Waals surface area contributed by atoms with Gasteiger partial charge in [-0.05, 0) is 25.0 Å². The molecule has 1 N–H and O–H groups in total. The van der Waals surface area contributed by atoms with Crippen LogP contribution in [0.5, 0.6) is 11.5 Å². The third-order valence-electron chi connectivity index (χ3n) is 3.72. The molecule has 6 heteroatoms. The molecular formula is C16H21NO5. The first-order chi connectivity index (χ1) is 10.6. The van der Waals surface area contributed by atoms with Gasteiger partial charge in [-0.2, -0.15) is 0 Å². The summed E-state index contributed by atoms with van der Waals surface area (Å²) in [5.74, 6) is -1.03. The summed E-state index contributed by atoms with van der Waals surface area (Å²) in [7, 11) is 1.40. The summed E-state index contributed by atoms with van der Waals surface area (Å²) in [4.78, 5) is 25.8. The van der Waals surface area contributed by atoms with Gasteiger partial charge in [0.05, 0.1) is 7.11 Å². The van der Waals surface area contributed by atoms with E-state index in [2.05, 4.69) is 0 Å². The van der Waals surface area contributed by atoms with Gasteiger partial charge < -0.3 is 19.5 Å². The summed E-state index contributed by atoms with van der Waals surface area (Å²) < 4.78 is 9.96. The van der Waals surface area contributed by atoms with Crippen LogP contribution in [0.15, 0.2) is 18.2 Å². The molecule has 0 atom stereocenters. The molecule has 0 radical (unpaired) electrons. The van der Waals surface area contributed by atoms with Gasteiger partial charge in [0.25, 0.3) is 5.91 Å². The third-order valence-corrected chi connectivity index (χ3v) is 3.72. The number of nitrogens with zero attached hydrogens (tertiary/aromatic N) is 1. The number of aromatic hydroxyl groups is 1. The van der Waals surface area contributed by atoms with Gasteiger partial charge in [-0.15, -0.1) is 0 Å². The lowest BCUT2D eigenvalue weighted by Gasteiger charge is -2.20. The molecule has 6 nitrogen and oxygen atoms in total. The van der Waals surface area contributed by atoms with Crippen LogP contribution in [0, 0.1) is 0 Å². The number of benzene rings is 1. The van der Waals surface area contributed by atoms with E-state index in [1.54, 1.807) is 11.0 Å². The Morgan fingerprint density at radius 1 is 1.18 bits per heavy atom. The van der Waals surface area contributed by atoms with Gasteiger partial charge in [-0.3, -0.25) is 4.79 Å². The van der Waals surface area contributed by atoms with Crippen molar-refractivity contribution < 1.29 is 24.2 Å². The molecule has 1 aliphatic heterocycles. The molecule has 120 valence electrons. The van der Waals surface area contributed by atoms with Crippen LogP contribution in [-0.2, 0) is 9.53 Å². The Morgan fingerprint density at radius 3 is 2.50 bits per heavy atom. The Labute approximate surface area is 129 Å². The average molecular weight is 307 g/mol. The zero-order chi connectivity index (χ0) is 15.9. The molecule has 0 aromatic heterocycles. The highest BCUT2D eigenvalue weighted by atomic mass is 16.5. The molecule has 1 aromatic carbocycles. The van der Waals surface area contributed by atoms with E-state index in [9.17, 15) is 14.7 Å². The smallest absolute Gasteiger partial charge is 0.342 e. The van der Waals surface area contributed by atoms with Crippen molar-refractivity contribution in [1.82, 2.24) is 4.90 Å². The van der Waals surface area contributed by atoms with Crippen molar-refractivity contribution in [2.75, 3.05) is 26.8 Å². The fourth-order valence-electron chi connectivity index (χ4n) is 2.47. The SMILES string of the molecule is COc1cccc(C(=O)OCC(=O)N2CCCCCC2)c1O. The quantitative estimate of drug-likeness (QED) is 0.861. The van der Waals surface area contributed by atoms with Crippen LogP contribution in [0.3, 0.4) is 0 Å². The number of phenolic OH excluding ortho intramolecular Hbond substituents is 1. The number of ether oxygens (including phenoxy) is 2. The molecule has 2 rings (SSSR count). The van der Waals surface area contributed by atoms with Crippen LogP contribution in [0.2, 0.25) is 0 Å². The summed E-state index contributed by atoms with van der Waals surface area (Å²) in [6, 6.07) is 4.54. The highest BCUT2D eigenvalue weighted by molar-refractivity contribution is 5.94. The molecule has 0 spiro atoms. The number of para-hydroxylation sites is 1. The molecule has 1 amide bonds. The van der Waals surface area contributed by atoms with Crippen LogP contribution in [0.25, 0.3) is 0 Å². The van der Waals surface area contributed by atoms with Gasteiger partial charge >= 0.3 is 5.97 Å². The maximum atomic E-state index is 12.1. The van der Waals surface area contributed by atoms with E-state index in [4.69, 9.17) is 9.47 Å². The maximum absolute atomic E-state index is 12.1. The maximum Gasteiger partial charge on any atom is 0.342 e. The van der Waals surface area contributed by atoms with Crippen molar-refractivity contribution in [1.29, 1.82) is 0 Å². The fourth-order valence-corrected chi connectivity index (χ4v) is 2.47. The number of rotatable bonds is 4. The predicted octanol–water partition coefficient (Wildman–Crippen LogP) is 1.96. The fraction of sp³-hybridized carbons (Fsp3) is 0.500. The van der Waals surface area contributed by atoms with Gasteiger partial charge in [0.15, 0.2) is 18.1 Å². The van der Waals surface area contributed by atoms with Crippen molar-refractivity contribution >= 4 is 11.9 Å². The van der Waals surface area contributed by atoms with Gasteiger partial charge in [0.2, 0.25) is 0 Å². The van der Waals surface area contributed by atoms with Crippen LogP contribution in [0.1, 0.15) is 36.0 Å². The Bertz CT molecular complexity index is 535. The van der Waals surface area contributed by atoms with Crippen LogP contribution in [-0.4, -0.2) is 48.7 Å². The second kappa shape index (κ2) is 7.68. The van der Waals surface area contributed by atoms with Gasteiger partial charge in [-0.1, -0.05) is 18.9 Å². The van der Waals surface area contributed by atoms with Crippen molar-refractivity contribution in [3.8, 4) is 11.5 Å². The summed E-state index contributed by atoms with van der Waals surface area (Å²) in [5.41, 5.74) is -0.0111. The lowest BCUT2D eigenvalue weighted by molar-refractivity contribution is -0.134. The Balaban J connectivity index is 1.93. The second-order valence-corrected chi connectivity index (χ2v) is 5.23. The number of amides is 1. The number of hydrogen-bond acceptors (Lipinski definition) is 5. The van der Waals surface area contributed by atoms with Gasteiger partial charge in [0, 0.05) is 13.1 Å². The Kier molecular flexibility index (Phi) is 5.63. The number of carbonyl (C=O) groups is 2. The summed E-state index contributed by atoms with van der Waals surface area (Å²) in [6.07, 6.45) is 4.22. The minimum Gasteiger partial charge on any atom is -0.504 e. The van der Waals surface area contributed by atoms with E-state index in [0.29, 0.717) is 13.1 Å². The van der Waals surface area contributed by atoms with Crippen LogP contribution in [0.4, 0.5) is 0 Å². The van der Waals surface area contributed by atoms with Crippen molar-refractivity contribution in [2.45, 2.75) is 25.7 Å². The summed E-state index contributed by atoms with van der Waals surface area (Å²) in [6.45, 7) is 1.11. The molecule has 1 heterocycles. The molecule has 1 saturated heterocycles. The number of methoxy groups -OCH3 is 1. The monoisotopic (exact) mass is 307 g/mol. The lowest BCUT2D eigenvalue weighted by atomic mass is 10.2. The molecule has 0 saturated carbocycles. The standard InChI is InChI=1S/C16H21NO5/c1-21-13-8-6-7-12(15(13)19)16(20)22-11-14(18)17-9-4-2-3-5-10-17/h6-8,19H,2-5,9-11H2,1H3. The van der Waals surface area contributed by atoms with Gasteiger partial charge in [0.1, 0.15) is 5.56 Å². The van der Waals surface area contributed by atoms with Crippen molar-refractivity contribution in [3.63, 3.8) is 0 Å². The molecule has 1 aliphatic rings. The third kappa shape index (κ3) is 3.90. The molecule has 1 aromatic rings. The lowest BCUT2D eigenvalue weighted by Crippen LogP contribution is -2.35. The Morgan fingerprint density at radius 2 is 1.86 bits per heavy atom. The topological polar surface area (TPSA) is 76.1 Å². The highest BCUT2D eigenvalue weighted by Crippen LogP contribution is 2.29. The van der Waals surface area contributed by atoms with Gasteiger partial charge in [-0.25, -0.2) is 4.79 Å². The van der Waals surface area contributed by atoms with Crippen LogP contribution >= 0.6 is 0 Å². The number of likely N-dealkylation sites (tertiary alicyclic amines) is 1. The van der Waals surface area contributed by atoms with Crippen LogP contribution < -0.4 is 4.74 Å². The number of esters is 1. The number of hydrogen-bond donors (Lipinski definition) is 1. The highest BCUT2D eigenvalue weighted by Gasteiger charge is 2.20. The van der Waals surface area contributed by atoms with E-state index in [1.807, 2.05) is 0 Å². The first-order valence-corrected chi connectivity index (χ1v) is 7.44. The predicted molar refractivity (Wildman–Crippen MR) is 80.0 cm³/mol. The Hall–Kier alpha value is -2.24. The minimum absolute atomic E-state index is 0.0111. The normalized spacial score (nSPS) is 15.0. The number of carbonyl (C=O) groups excluding carboxylic acids is 2. The van der Waals surface area contributed by atoms with E-state index >= 15 is 0 Å². The molecule has 0 bridgehead atoms.